The van der Waals surface area contributed by atoms with E-state index in [1.165, 1.54) is 7.11 Å². The highest BCUT2D eigenvalue weighted by Crippen LogP contribution is 2.27. The van der Waals surface area contributed by atoms with Crippen LogP contribution < -0.4 is 4.74 Å². The van der Waals surface area contributed by atoms with Gasteiger partial charge in [0.1, 0.15) is 18.3 Å². The fourth-order valence-electron chi connectivity index (χ4n) is 3.57. The molecule has 34 heavy (non-hydrogen) atoms. The third-order valence-corrected chi connectivity index (χ3v) is 5.70. The molecule has 0 saturated heterocycles. The first-order valence-corrected chi connectivity index (χ1v) is 11.1. The summed E-state index contributed by atoms with van der Waals surface area (Å²) < 4.78 is 11.1. The predicted molar refractivity (Wildman–Crippen MR) is 125 cm³/mol. The summed E-state index contributed by atoms with van der Waals surface area (Å²) in [7, 11) is 3.15. The van der Waals surface area contributed by atoms with E-state index in [9.17, 15) is 14.7 Å². The lowest BCUT2D eigenvalue weighted by atomic mass is 10.00. The Kier molecular flexibility index (Phi) is 8.57. The number of rotatable bonds is 6. The van der Waals surface area contributed by atoms with Crippen LogP contribution in [0.1, 0.15) is 35.3 Å². The molecule has 1 aliphatic rings. The lowest BCUT2D eigenvalue weighted by Crippen LogP contribution is -2.50. The first kappa shape index (κ1) is 25.1. The Morgan fingerprint density at radius 1 is 1.35 bits per heavy atom. The first-order valence-electron chi connectivity index (χ1n) is 11.1. The van der Waals surface area contributed by atoms with Crippen molar-refractivity contribution in [3.8, 4) is 17.7 Å². The average Bonchev–Trinajstić information content (AvgIpc) is 2.85. The molecule has 0 radical (unpaired) electrons. The fourth-order valence-corrected chi connectivity index (χ4v) is 3.57. The Hall–Kier alpha value is -3.48. The number of aromatic nitrogens is 2. The van der Waals surface area contributed by atoms with Crippen LogP contribution in [0.15, 0.2) is 36.8 Å². The fraction of sp³-hybridized carbons (Fsp3) is 0.440. The molecule has 1 N–H and O–H groups in total. The molecule has 2 aromatic rings. The van der Waals surface area contributed by atoms with Crippen LogP contribution in [0.2, 0.25) is 0 Å². The smallest absolute Gasteiger partial charge is 0.259 e. The van der Waals surface area contributed by atoms with Gasteiger partial charge >= 0.3 is 0 Å². The summed E-state index contributed by atoms with van der Waals surface area (Å²) in [5, 5.41) is 9.77. The van der Waals surface area contributed by atoms with Crippen LogP contribution in [0.3, 0.4) is 0 Å². The quantitative estimate of drug-likeness (QED) is 0.638. The second-order valence-corrected chi connectivity index (χ2v) is 8.39. The lowest BCUT2D eigenvalue weighted by Gasteiger charge is -2.37. The highest BCUT2D eigenvalue weighted by Gasteiger charge is 2.34. The number of carbonyl (C=O) groups is 2. The number of carbonyl (C=O) groups excluding carboxylic acids is 2. The van der Waals surface area contributed by atoms with Gasteiger partial charge in [0.2, 0.25) is 11.8 Å². The second kappa shape index (κ2) is 11.6. The number of likely N-dealkylation sites (N-methyl/N-ethyl adjacent to an activating group) is 1. The Morgan fingerprint density at radius 3 is 2.74 bits per heavy atom. The monoisotopic (exact) mass is 466 g/mol. The number of aliphatic hydroxyl groups excluding tert-OH is 1. The minimum Gasteiger partial charge on any atom is -0.472 e. The van der Waals surface area contributed by atoms with Gasteiger partial charge < -0.3 is 24.4 Å². The van der Waals surface area contributed by atoms with Crippen LogP contribution in [0.5, 0.6) is 5.88 Å². The molecule has 0 spiro atoms. The topological polar surface area (TPSA) is 105 Å². The molecule has 2 amide bonds. The molecule has 9 nitrogen and oxygen atoms in total. The van der Waals surface area contributed by atoms with Gasteiger partial charge in [-0.1, -0.05) is 18.8 Å². The van der Waals surface area contributed by atoms with Crippen molar-refractivity contribution in [2.45, 2.75) is 26.0 Å². The van der Waals surface area contributed by atoms with Crippen molar-refractivity contribution in [2.75, 3.05) is 40.5 Å². The lowest BCUT2D eigenvalue weighted by molar-refractivity contribution is -0.135. The molecule has 0 saturated carbocycles. The molecular weight excluding hydrogens is 436 g/mol. The van der Waals surface area contributed by atoms with E-state index in [0.717, 1.165) is 5.56 Å². The van der Waals surface area contributed by atoms with Crippen molar-refractivity contribution in [2.24, 2.45) is 5.92 Å². The zero-order valence-electron chi connectivity index (χ0n) is 19.9. The molecule has 0 fully saturated rings. The minimum absolute atomic E-state index is 0.0297. The van der Waals surface area contributed by atoms with E-state index >= 15 is 0 Å². The molecule has 2 aromatic heterocycles. The predicted octanol–water partition coefficient (Wildman–Crippen LogP) is 1.20. The van der Waals surface area contributed by atoms with Gasteiger partial charge in [0.15, 0.2) is 0 Å². The van der Waals surface area contributed by atoms with E-state index in [1.807, 2.05) is 6.92 Å². The maximum atomic E-state index is 13.4. The number of methoxy groups -OCH3 is 1. The van der Waals surface area contributed by atoms with Crippen molar-refractivity contribution in [1.82, 2.24) is 19.8 Å². The number of hydrogen-bond donors (Lipinski definition) is 1. The van der Waals surface area contributed by atoms with Crippen molar-refractivity contribution in [1.29, 1.82) is 0 Å². The molecule has 0 unspecified atom stereocenters. The van der Waals surface area contributed by atoms with E-state index in [2.05, 4.69) is 21.8 Å². The highest BCUT2D eigenvalue weighted by atomic mass is 16.5. The summed E-state index contributed by atoms with van der Waals surface area (Å²) in [5.74, 6) is 5.65. The molecule has 0 aliphatic carbocycles. The third kappa shape index (κ3) is 6.10. The van der Waals surface area contributed by atoms with E-state index in [-0.39, 0.29) is 42.4 Å². The number of pyridine rings is 2. The number of fused-ring (bicyclic) bond motifs is 1. The summed E-state index contributed by atoms with van der Waals surface area (Å²) in [5.41, 5.74) is 1.61. The van der Waals surface area contributed by atoms with E-state index < -0.39 is 12.1 Å². The van der Waals surface area contributed by atoms with Crippen LogP contribution in [-0.4, -0.2) is 89.3 Å². The van der Waals surface area contributed by atoms with Gasteiger partial charge in [-0.3, -0.25) is 14.6 Å². The molecule has 0 aromatic carbocycles. The molecule has 3 atom stereocenters. The number of nitrogens with zero attached hydrogens (tertiary/aromatic N) is 4. The number of amides is 2. The maximum absolute atomic E-state index is 13.4. The molecular formula is C25H30N4O5. The van der Waals surface area contributed by atoms with E-state index in [1.54, 1.807) is 60.6 Å². The van der Waals surface area contributed by atoms with E-state index in [4.69, 9.17) is 9.47 Å². The average molecular weight is 467 g/mol. The van der Waals surface area contributed by atoms with Crippen molar-refractivity contribution < 1.29 is 24.2 Å². The van der Waals surface area contributed by atoms with E-state index in [0.29, 0.717) is 18.7 Å². The SMILES string of the molecule is COCC(=O)N(C)C[C@H]1Oc2ncc(C#Cc3ccncc3)cc2C(=O)N([C@@H](C)CO)C[C@H]1C. The van der Waals surface area contributed by atoms with Gasteiger partial charge in [-0.2, -0.15) is 0 Å². The zero-order valence-corrected chi connectivity index (χ0v) is 19.9. The summed E-state index contributed by atoms with van der Waals surface area (Å²) in [6.45, 7) is 4.17. The van der Waals surface area contributed by atoms with Gasteiger partial charge in [0.05, 0.1) is 19.2 Å². The van der Waals surface area contributed by atoms with Gasteiger partial charge in [-0.25, -0.2) is 4.98 Å². The third-order valence-electron chi connectivity index (χ3n) is 5.70. The number of aliphatic hydroxyl groups is 1. The van der Waals surface area contributed by atoms with Crippen molar-refractivity contribution >= 4 is 11.8 Å². The normalized spacial score (nSPS) is 18.5. The van der Waals surface area contributed by atoms with Gasteiger partial charge in [0, 0.05) is 56.3 Å². The van der Waals surface area contributed by atoms with Gasteiger partial charge in [-0.15, -0.1) is 0 Å². The Bertz CT molecular complexity index is 1070. The second-order valence-electron chi connectivity index (χ2n) is 8.39. The van der Waals surface area contributed by atoms with Crippen LogP contribution in [0.4, 0.5) is 0 Å². The Balaban J connectivity index is 1.96. The van der Waals surface area contributed by atoms with Crippen LogP contribution >= 0.6 is 0 Å². The summed E-state index contributed by atoms with van der Waals surface area (Å²) in [4.78, 5) is 37.2. The molecule has 180 valence electrons. The van der Waals surface area contributed by atoms with Crippen LogP contribution in [0.25, 0.3) is 0 Å². The summed E-state index contributed by atoms with van der Waals surface area (Å²) in [6.07, 6.45) is 4.45. The number of ether oxygens (including phenoxy) is 2. The minimum atomic E-state index is -0.424. The molecule has 1 aliphatic heterocycles. The summed E-state index contributed by atoms with van der Waals surface area (Å²) in [6, 6.07) is 4.84. The highest BCUT2D eigenvalue weighted by molar-refractivity contribution is 5.97. The van der Waals surface area contributed by atoms with Crippen molar-refractivity contribution in [3.63, 3.8) is 0 Å². The maximum Gasteiger partial charge on any atom is 0.259 e. The van der Waals surface area contributed by atoms with Crippen molar-refractivity contribution in [3.05, 3.63) is 53.5 Å². The van der Waals surface area contributed by atoms with Gasteiger partial charge in [-0.05, 0) is 25.1 Å². The van der Waals surface area contributed by atoms with Gasteiger partial charge in [0.25, 0.3) is 5.91 Å². The molecule has 9 heteroatoms. The Morgan fingerprint density at radius 2 is 2.06 bits per heavy atom. The first-order chi connectivity index (χ1) is 16.3. The molecule has 3 rings (SSSR count). The largest absolute Gasteiger partial charge is 0.472 e. The summed E-state index contributed by atoms with van der Waals surface area (Å²) >= 11 is 0. The molecule has 3 heterocycles. The van der Waals surface area contributed by atoms with Crippen LogP contribution in [0, 0.1) is 17.8 Å². The number of hydrogen-bond acceptors (Lipinski definition) is 7. The van der Waals surface area contributed by atoms with Crippen LogP contribution in [-0.2, 0) is 9.53 Å². The zero-order chi connectivity index (χ0) is 24.7. The molecule has 0 bridgehead atoms. The standard InChI is InChI=1S/C25H30N4O5/c1-17-13-29(18(2)15-30)25(32)21-11-20(6-5-19-7-9-26-10-8-19)12-27-24(21)34-22(17)14-28(3)23(31)16-33-4/h7-12,17-18,22,30H,13-16H2,1-4H3/t17-,18+,22-/m1/s1. The Labute approximate surface area is 199 Å².